The molecule has 122 valence electrons. The van der Waals surface area contributed by atoms with Gasteiger partial charge in [0, 0.05) is 0 Å². The van der Waals surface area contributed by atoms with Crippen molar-refractivity contribution in [2.45, 2.75) is 71.6 Å². The van der Waals surface area contributed by atoms with Crippen LogP contribution in [0.4, 0.5) is 0 Å². The summed E-state index contributed by atoms with van der Waals surface area (Å²) in [4.78, 5) is 2.69. The standard InChI is InChI=1S/C17H39N3/c1-3-5-8-15-20(16-9-6-4-2)17-10-7-13-19-14-11-12-18/h19H,3-18H2,1-2H3. The monoisotopic (exact) mass is 285 g/mol. The molecule has 0 saturated heterocycles. The van der Waals surface area contributed by atoms with Crippen molar-refractivity contribution in [1.29, 1.82) is 0 Å². The lowest BCUT2D eigenvalue weighted by atomic mass is 10.2. The van der Waals surface area contributed by atoms with E-state index in [0.29, 0.717) is 0 Å². The van der Waals surface area contributed by atoms with Crippen molar-refractivity contribution in [2.75, 3.05) is 39.3 Å². The van der Waals surface area contributed by atoms with Crippen LogP contribution in [0, 0.1) is 0 Å². The second-order valence-corrected chi connectivity index (χ2v) is 5.86. The van der Waals surface area contributed by atoms with Crippen LogP contribution in [0.5, 0.6) is 0 Å². The van der Waals surface area contributed by atoms with Gasteiger partial charge in [0.15, 0.2) is 0 Å². The molecule has 0 spiro atoms. The van der Waals surface area contributed by atoms with Gasteiger partial charge in [0.25, 0.3) is 0 Å². The van der Waals surface area contributed by atoms with Gasteiger partial charge in [0.1, 0.15) is 0 Å². The van der Waals surface area contributed by atoms with Crippen molar-refractivity contribution in [3.05, 3.63) is 0 Å². The molecule has 3 N–H and O–H groups in total. The van der Waals surface area contributed by atoms with Crippen molar-refractivity contribution in [3.8, 4) is 0 Å². The first-order valence-electron chi connectivity index (χ1n) is 8.98. The summed E-state index contributed by atoms with van der Waals surface area (Å²) in [5.74, 6) is 0. The Hall–Kier alpha value is -0.120. The predicted molar refractivity (Wildman–Crippen MR) is 91.3 cm³/mol. The highest BCUT2D eigenvalue weighted by molar-refractivity contribution is 4.60. The predicted octanol–water partition coefficient (Wildman–Crippen LogP) is 3.39. The molecule has 3 heteroatoms. The summed E-state index contributed by atoms with van der Waals surface area (Å²) in [6.45, 7) is 11.5. The average Bonchev–Trinajstić information content (AvgIpc) is 2.46. The van der Waals surface area contributed by atoms with Gasteiger partial charge < -0.3 is 16.0 Å². The van der Waals surface area contributed by atoms with E-state index in [1.54, 1.807) is 0 Å². The molecule has 0 aliphatic carbocycles. The highest BCUT2D eigenvalue weighted by Gasteiger charge is 2.03. The molecule has 0 aliphatic rings. The lowest BCUT2D eigenvalue weighted by molar-refractivity contribution is 0.256. The third-order valence-corrected chi connectivity index (χ3v) is 3.79. The maximum atomic E-state index is 5.48. The van der Waals surface area contributed by atoms with E-state index in [4.69, 9.17) is 5.73 Å². The zero-order valence-corrected chi connectivity index (χ0v) is 14.1. The molecule has 20 heavy (non-hydrogen) atoms. The molecule has 0 unspecified atom stereocenters. The molecule has 0 bridgehead atoms. The van der Waals surface area contributed by atoms with Crippen LogP contribution >= 0.6 is 0 Å². The normalized spacial score (nSPS) is 11.4. The number of unbranched alkanes of at least 4 members (excludes halogenated alkanes) is 5. The van der Waals surface area contributed by atoms with Crippen LogP contribution in [-0.2, 0) is 0 Å². The van der Waals surface area contributed by atoms with Crippen molar-refractivity contribution >= 4 is 0 Å². The Balaban J connectivity index is 3.56. The first-order valence-corrected chi connectivity index (χ1v) is 8.98. The van der Waals surface area contributed by atoms with Gasteiger partial charge in [-0.25, -0.2) is 0 Å². The van der Waals surface area contributed by atoms with Crippen LogP contribution in [0.25, 0.3) is 0 Å². The molecule has 0 amide bonds. The first kappa shape index (κ1) is 19.9. The molecule has 0 aromatic heterocycles. The molecule has 0 fully saturated rings. The minimum absolute atomic E-state index is 0.801. The molecular formula is C17H39N3. The molecule has 0 atom stereocenters. The van der Waals surface area contributed by atoms with Gasteiger partial charge in [-0.3, -0.25) is 0 Å². The third-order valence-electron chi connectivity index (χ3n) is 3.79. The summed E-state index contributed by atoms with van der Waals surface area (Å²) in [5, 5.41) is 3.47. The quantitative estimate of drug-likeness (QED) is 0.427. The van der Waals surface area contributed by atoms with E-state index >= 15 is 0 Å². The van der Waals surface area contributed by atoms with E-state index < -0.39 is 0 Å². The Kier molecular flexibility index (Phi) is 16.8. The van der Waals surface area contributed by atoms with Crippen molar-refractivity contribution in [3.63, 3.8) is 0 Å². The molecule has 0 aliphatic heterocycles. The maximum absolute atomic E-state index is 5.48. The van der Waals surface area contributed by atoms with Crippen LogP contribution in [-0.4, -0.2) is 44.2 Å². The van der Waals surface area contributed by atoms with Crippen LogP contribution in [0.1, 0.15) is 71.6 Å². The fourth-order valence-electron chi connectivity index (χ4n) is 2.44. The molecule has 0 rings (SSSR count). The molecule has 0 heterocycles. The molecular weight excluding hydrogens is 246 g/mol. The minimum atomic E-state index is 0.801. The van der Waals surface area contributed by atoms with Crippen LogP contribution < -0.4 is 11.1 Å². The summed E-state index contributed by atoms with van der Waals surface area (Å²) in [7, 11) is 0. The second kappa shape index (κ2) is 16.9. The zero-order valence-electron chi connectivity index (χ0n) is 14.1. The third kappa shape index (κ3) is 14.3. The fourth-order valence-corrected chi connectivity index (χ4v) is 2.44. The highest BCUT2D eigenvalue weighted by Crippen LogP contribution is 2.04. The Morgan fingerprint density at radius 2 is 1.20 bits per heavy atom. The number of rotatable bonds is 16. The lowest BCUT2D eigenvalue weighted by Crippen LogP contribution is -2.28. The van der Waals surface area contributed by atoms with Crippen LogP contribution in [0.15, 0.2) is 0 Å². The molecule has 3 nitrogen and oxygen atoms in total. The number of hydrogen-bond acceptors (Lipinski definition) is 3. The summed E-state index contributed by atoms with van der Waals surface area (Å²) < 4.78 is 0. The molecule has 0 radical (unpaired) electrons. The zero-order chi connectivity index (χ0) is 14.9. The van der Waals surface area contributed by atoms with Gasteiger partial charge >= 0.3 is 0 Å². The molecule has 0 aromatic rings. The van der Waals surface area contributed by atoms with E-state index in [1.807, 2.05) is 0 Å². The van der Waals surface area contributed by atoms with E-state index in [2.05, 4.69) is 24.1 Å². The van der Waals surface area contributed by atoms with Crippen molar-refractivity contribution < 1.29 is 0 Å². The summed E-state index contributed by atoms with van der Waals surface area (Å²) >= 11 is 0. The Labute approximate surface area is 127 Å². The largest absolute Gasteiger partial charge is 0.330 e. The topological polar surface area (TPSA) is 41.3 Å². The summed E-state index contributed by atoms with van der Waals surface area (Å²) in [6, 6.07) is 0. The highest BCUT2D eigenvalue weighted by atomic mass is 15.1. The maximum Gasteiger partial charge on any atom is -0.00183 e. The van der Waals surface area contributed by atoms with Gasteiger partial charge in [0.2, 0.25) is 0 Å². The first-order chi connectivity index (χ1) is 9.85. The average molecular weight is 286 g/mol. The Bertz CT molecular complexity index is 164. The van der Waals surface area contributed by atoms with Crippen LogP contribution in [0.2, 0.25) is 0 Å². The number of nitrogens with two attached hydrogens (primary N) is 1. The van der Waals surface area contributed by atoms with Crippen molar-refractivity contribution in [1.82, 2.24) is 10.2 Å². The summed E-state index contributed by atoms with van der Waals surface area (Å²) in [6.07, 6.45) is 11.9. The van der Waals surface area contributed by atoms with E-state index in [1.165, 1.54) is 71.0 Å². The van der Waals surface area contributed by atoms with E-state index in [0.717, 1.165) is 26.1 Å². The SMILES string of the molecule is CCCCCN(CCCCC)CCCCNCCCN. The number of nitrogens with zero attached hydrogens (tertiary/aromatic N) is 1. The van der Waals surface area contributed by atoms with E-state index in [-0.39, 0.29) is 0 Å². The fraction of sp³-hybridized carbons (Fsp3) is 1.00. The minimum Gasteiger partial charge on any atom is -0.330 e. The van der Waals surface area contributed by atoms with Gasteiger partial charge in [-0.05, 0) is 71.4 Å². The van der Waals surface area contributed by atoms with E-state index in [9.17, 15) is 0 Å². The summed E-state index contributed by atoms with van der Waals surface area (Å²) in [5.41, 5.74) is 5.48. The number of nitrogens with one attached hydrogen (secondary N) is 1. The second-order valence-electron chi connectivity index (χ2n) is 5.86. The lowest BCUT2D eigenvalue weighted by Gasteiger charge is -2.22. The van der Waals surface area contributed by atoms with Crippen LogP contribution in [0.3, 0.4) is 0 Å². The molecule has 0 aromatic carbocycles. The van der Waals surface area contributed by atoms with Gasteiger partial charge in [0.05, 0.1) is 0 Å². The van der Waals surface area contributed by atoms with Gasteiger partial charge in [-0.1, -0.05) is 39.5 Å². The Morgan fingerprint density at radius 1 is 0.700 bits per heavy atom. The van der Waals surface area contributed by atoms with Crippen molar-refractivity contribution in [2.24, 2.45) is 5.73 Å². The Morgan fingerprint density at radius 3 is 1.70 bits per heavy atom. The molecule has 0 saturated carbocycles. The van der Waals surface area contributed by atoms with Gasteiger partial charge in [-0.15, -0.1) is 0 Å². The smallest absolute Gasteiger partial charge is 0.00183 e. The van der Waals surface area contributed by atoms with Gasteiger partial charge in [-0.2, -0.15) is 0 Å². The number of hydrogen-bond donors (Lipinski definition) is 2.